The molecule has 0 bridgehead atoms. The quantitative estimate of drug-likeness (QED) is 0.445. The Morgan fingerprint density at radius 3 is 2.54 bits per heavy atom. The SMILES string of the molecule is CC(=NN=C(N)N)c1ccc(Cl)s1. The van der Waals surface area contributed by atoms with E-state index in [0.29, 0.717) is 4.34 Å². The molecule has 4 N–H and O–H groups in total. The zero-order valence-corrected chi connectivity index (χ0v) is 8.56. The number of rotatable bonds is 2. The first-order valence-corrected chi connectivity index (χ1v) is 4.68. The minimum absolute atomic E-state index is 0.0537. The number of thiophene rings is 1. The lowest BCUT2D eigenvalue weighted by Gasteiger charge is -1.91. The van der Waals surface area contributed by atoms with Crippen molar-refractivity contribution in [3.63, 3.8) is 0 Å². The standard InChI is InChI=1S/C7H9ClN4S/c1-4(11-12-7(9)10)5-2-3-6(8)13-5/h2-3H,1H3,(H4,9,10,12). The van der Waals surface area contributed by atoms with Gasteiger partial charge in [0.2, 0.25) is 5.96 Å². The van der Waals surface area contributed by atoms with Crippen LogP contribution >= 0.6 is 22.9 Å². The monoisotopic (exact) mass is 216 g/mol. The summed E-state index contributed by atoms with van der Waals surface area (Å²) in [5.74, 6) is -0.0537. The van der Waals surface area contributed by atoms with E-state index >= 15 is 0 Å². The van der Waals surface area contributed by atoms with E-state index in [-0.39, 0.29) is 5.96 Å². The molecule has 4 nitrogen and oxygen atoms in total. The van der Waals surface area contributed by atoms with Gasteiger partial charge in [0.05, 0.1) is 14.9 Å². The number of nitrogens with two attached hydrogens (primary N) is 2. The average molecular weight is 217 g/mol. The minimum Gasteiger partial charge on any atom is -0.369 e. The van der Waals surface area contributed by atoms with Crippen molar-refractivity contribution in [3.8, 4) is 0 Å². The molecular formula is C7H9ClN4S. The predicted molar refractivity (Wildman–Crippen MR) is 57.3 cm³/mol. The van der Waals surface area contributed by atoms with E-state index in [4.69, 9.17) is 23.1 Å². The first kappa shape index (κ1) is 10.0. The van der Waals surface area contributed by atoms with Crippen LogP contribution in [0.3, 0.4) is 0 Å². The van der Waals surface area contributed by atoms with Crippen molar-refractivity contribution in [2.24, 2.45) is 21.7 Å². The van der Waals surface area contributed by atoms with Crippen LogP contribution in [0.1, 0.15) is 11.8 Å². The largest absolute Gasteiger partial charge is 0.369 e. The van der Waals surface area contributed by atoms with E-state index in [1.54, 1.807) is 6.07 Å². The van der Waals surface area contributed by atoms with E-state index in [9.17, 15) is 0 Å². The predicted octanol–water partition coefficient (Wildman–Crippen LogP) is 1.40. The van der Waals surface area contributed by atoms with E-state index in [0.717, 1.165) is 10.6 Å². The van der Waals surface area contributed by atoms with Gasteiger partial charge in [-0.1, -0.05) is 11.6 Å². The molecule has 1 aromatic rings. The van der Waals surface area contributed by atoms with Crippen LogP contribution in [0.5, 0.6) is 0 Å². The number of halogens is 1. The summed E-state index contributed by atoms with van der Waals surface area (Å²) in [5, 5.41) is 7.35. The van der Waals surface area contributed by atoms with Crippen LogP contribution in [-0.4, -0.2) is 11.7 Å². The molecular weight excluding hydrogens is 208 g/mol. The Bertz CT molecular complexity index is 351. The highest BCUT2D eigenvalue weighted by Gasteiger charge is 2.00. The fraction of sp³-hybridized carbons (Fsp3) is 0.143. The molecule has 6 heteroatoms. The van der Waals surface area contributed by atoms with Gasteiger partial charge in [-0.15, -0.1) is 16.4 Å². The highest BCUT2D eigenvalue weighted by molar-refractivity contribution is 7.18. The lowest BCUT2D eigenvalue weighted by Crippen LogP contribution is -2.22. The van der Waals surface area contributed by atoms with Crippen LogP contribution in [0.2, 0.25) is 4.34 Å². The third kappa shape index (κ3) is 3.04. The Balaban J connectivity index is 2.85. The Kier molecular flexibility index (Phi) is 3.27. The number of guanidine groups is 1. The summed E-state index contributed by atoms with van der Waals surface area (Å²) in [6, 6.07) is 3.67. The topological polar surface area (TPSA) is 76.8 Å². The Morgan fingerprint density at radius 2 is 2.08 bits per heavy atom. The van der Waals surface area contributed by atoms with Gasteiger partial charge in [-0.3, -0.25) is 0 Å². The summed E-state index contributed by atoms with van der Waals surface area (Å²) in [7, 11) is 0. The molecule has 1 aromatic heterocycles. The van der Waals surface area contributed by atoms with Gasteiger partial charge in [-0.2, -0.15) is 5.10 Å². The summed E-state index contributed by atoms with van der Waals surface area (Å²) in [6.45, 7) is 1.81. The van der Waals surface area contributed by atoms with Gasteiger partial charge in [-0.05, 0) is 19.1 Å². The molecule has 0 spiro atoms. The van der Waals surface area contributed by atoms with Crippen molar-refractivity contribution >= 4 is 34.6 Å². The van der Waals surface area contributed by atoms with E-state index in [2.05, 4.69) is 10.2 Å². The molecule has 0 saturated carbocycles. The Morgan fingerprint density at radius 1 is 1.38 bits per heavy atom. The molecule has 1 heterocycles. The fourth-order valence-electron chi connectivity index (χ4n) is 0.691. The molecule has 0 unspecified atom stereocenters. The molecule has 0 aliphatic heterocycles. The molecule has 0 amide bonds. The fourth-order valence-corrected chi connectivity index (χ4v) is 1.67. The molecule has 0 aliphatic rings. The van der Waals surface area contributed by atoms with Gasteiger partial charge >= 0.3 is 0 Å². The van der Waals surface area contributed by atoms with E-state index in [1.165, 1.54) is 11.3 Å². The van der Waals surface area contributed by atoms with Crippen molar-refractivity contribution < 1.29 is 0 Å². The second-order valence-electron chi connectivity index (χ2n) is 2.31. The molecule has 0 radical (unpaired) electrons. The minimum atomic E-state index is -0.0537. The molecule has 0 fully saturated rings. The van der Waals surface area contributed by atoms with Gasteiger partial charge in [0.25, 0.3) is 0 Å². The van der Waals surface area contributed by atoms with E-state index < -0.39 is 0 Å². The second-order valence-corrected chi connectivity index (χ2v) is 4.03. The Labute approximate surface area is 84.9 Å². The maximum Gasteiger partial charge on any atom is 0.211 e. The average Bonchev–Trinajstić information content (AvgIpc) is 2.47. The number of nitrogens with zero attached hydrogens (tertiary/aromatic N) is 2. The van der Waals surface area contributed by atoms with Crippen LogP contribution in [0.15, 0.2) is 22.3 Å². The lowest BCUT2D eigenvalue weighted by atomic mass is 10.3. The van der Waals surface area contributed by atoms with Crippen molar-refractivity contribution in [1.82, 2.24) is 0 Å². The lowest BCUT2D eigenvalue weighted by molar-refractivity contribution is 1.20. The van der Waals surface area contributed by atoms with Crippen molar-refractivity contribution in [3.05, 3.63) is 21.3 Å². The van der Waals surface area contributed by atoms with Crippen LogP contribution in [0, 0.1) is 0 Å². The summed E-state index contributed by atoms with van der Waals surface area (Å²) < 4.78 is 0.717. The van der Waals surface area contributed by atoms with Crippen LogP contribution in [0.25, 0.3) is 0 Å². The summed E-state index contributed by atoms with van der Waals surface area (Å²) in [4.78, 5) is 0.954. The molecule has 1 rings (SSSR count). The third-order valence-corrected chi connectivity index (χ3v) is 2.59. The van der Waals surface area contributed by atoms with Gasteiger partial charge in [-0.25, -0.2) is 0 Å². The molecule has 13 heavy (non-hydrogen) atoms. The van der Waals surface area contributed by atoms with Crippen LogP contribution in [-0.2, 0) is 0 Å². The first-order valence-electron chi connectivity index (χ1n) is 3.48. The molecule has 0 saturated heterocycles. The number of hydrogen-bond donors (Lipinski definition) is 2. The molecule has 0 aromatic carbocycles. The van der Waals surface area contributed by atoms with E-state index in [1.807, 2.05) is 13.0 Å². The molecule has 70 valence electrons. The highest BCUT2D eigenvalue weighted by atomic mass is 35.5. The maximum absolute atomic E-state index is 5.75. The maximum atomic E-state index is 5.75. The van der Waals surface area contributed by atoms with Gasteiger partial charge in [0, 0.05) is 0 Å². The summed E-state index contributed by atoms with van der Waals surface area (Å²) in [6.07, 6.45) is 0. The van der Waals surface area contributed by atoms with Crippen molar-refractivity contribution in [1.29, 1.82) is 0 Å². The van der Waals surface area contributed by atoms with Crippen LogP contribution in [0.4, 0.5) is 0 Å². The zero-order chi connectivity index (χ0) is 9.84. The van der Waals surface area contributed by atoms with Crippen molar-refractivity contribution in [2.75, 3.05) is 0 Å². The zero-order valence-electron chi connectivity index (χ0n) is 6.99. The normalized spacial score (nSPS) is 11.4. The van der Waals surface area contributed by atoms with Crippen molar-refractivity contribution in [2.45, 2.75) is 6.92 Å². The molecule has 0 aliphatic carbocycles. The first-order chi connectivity index (χ1) is 6.09. The summed E-state index contributed by atoms with van der Waals surface area (Å²) in [5.41, 5.74) is 11.0. The Hall–Kier alpha value is -1.07. The smallest absolute Gasteiger partial charge is 0.211 e. The van der Waals surface area contributed by atoms with Gasteiger partial charge in [0.1, 0.15) is 0 Å². The van der Waals surface area contributed by atoms with Gasteiger partial charge < -0.3 is 11.5 Å². The molecule has 0 atom stereocenters. The van der Waals surface area contributed by atoms with Crippen LogP contribution < -0.4 is 11.5 Å². The summed E-state index contributed by atoms with van der Waals surface area (Å²) >= 11 is 7.18. The second kappa shape index (κ2) is 4.25. The highest BCUT2D eigenvalue weighted by Crippen LogP contribution is 2.21. The number of hydrogen-bond acceptors (Lipinski definition) is 3. The van der Waals surface area contributed by atoms with Gasteiger partial charge in [0.15, 0.2) is 0 Å². The third-order valence-electron chi connectivity index (χ3n) is 1.25.